The van der Waals surface area contributed by atoms with Gasteiger partial charge in [0.05, 0.1) is 25.2 Å². The molecule has 4 heterocycles. The van der Waals surface area contributed by atoms with Crippen LogP contribution in [0.3, 0.4) is 0 Å². The number of halogens is 2. The van der Waals surface area contributed by atoms with Gasteiger partial charge in [-0.05, 0) is 121 Å². The molecule has 0 unspecified atom stereocenters. The highest BCUT2D eigenvalue weighted by molar-refractivity contribution is 5.79. The molecule has 2 fully saturated rings. The van der Waals surface area contributed by atoms with Crippen LogP contribution < -0.4 is 11.5 Å². The third kappa shape index (κ3) is 6.43. The van der Waals surface area contributed by atoms with Crippen LogP contribution in [-0.2, 0) is 22.3 Å². The molecule has 54 heavy (non-hydrogen) atoms. The van der Waals surface area contributed by atoms with E-state index in [1.165, 1.54) is 46.5 Å². The van der Waals surface area contributed by atoms with Crippen LogP contribution in [0.4, 0.5) is 8.78 Å². The topological polar surface area (TPSA) is 102 Å². The van der Waals surface area contributed by atoms with E-state index >= 15 is 0 Å². The van der Waals surface area contributed by atoms with Crippen LogP contribution in [0.15, 0.2) is 107 Å². The van der Waals surface area contributed by atoms with Crippen LogP contribution in [0.1, 0.15) is 71.1 Å². The Balaban J connectivity index is 0.000000142. The fourth-order valence-corrected chi connectivity index (χ4v) is 9.54. The molecule has 2 saturated carbocycles. The Kier molecular flexibility index (Phi) is 9.14. The van der Waals surface area contributed by atoms with Gasteiger partial charge in [-0.3, -0.25) is 0 Å². The molecule has 4 aromatic carbocycles. The lowest BCUT2D eigenvalue weighted by molar-refractivity contribution is -0.0441. The minimum atomic E-state index is -0.218. The van der Waals surface area contributed by atoms with E-state index < -0.39 is 0 Å². The fourth-order valence-electron chi connectivity index (χ4n) is 9.54. The van der Waals surface area contributed by atoms with Gasteiger partial charge < -0.3 is 30.7 Å². The molecule has 0 saturated heterocycles. The number of fused-ring (bicyclic) bond motifs is 2. The van der Waals surface area contributed by atoms with Gasteiger partial charge in [0.25, 0.3) is 12.0 Å². The number of hydrogen-bond acceptors (Lipinski definition) is 8. The van der Waals surface area contributed by atoms with E-state index in [1.807, 2.05) is 24.3 Å². The average Bonchev–Trinajstić information content (AvgIpc) is 3.83. The van der Waals surface area contributed by atoms with E-state index in [-0.39, 0.29) is 34.9 Å². The van der Waals surface area contributed by atoms with Gasteiger partial charge >= 0.3 is 0 Å². The second-order valence-electron chi connectivity index (χ2n) is 16.0. The maximum atomic E-state index is 13.5. The number of rotatable bonds is 4. The Morgan fingerprint density at radius 2 is 0.963 bits per heavy atom. The molecule has 2 aliphatic carbocycles. The Labute approximate surface area is 315 Å². The Hall–Kier alpha value is -4.80. The predicted octanol–water partition coefficient (Wildman–Crippen LogP) is 6.53. The zero-order valence-corrected chi connectivity index (χ0v) is 30.5. The fraction of sp³-hybridized carbons (Fsp3) is 0.409. The minimum Gasteiger partial charge on any atom is -0.457 e. The van der Waals surface area contributed by atoms with Crippen molar-refractivity contribution in [2.45, 2.75) is 61.8 Å². The zero-order valence-electron chi connectivity index (χ0n) is 30.5. The summed E-state index contributed by atoms with van der Waals surface area (Å²) in [6, 6.07) is 32.0. The van der Waals surface area contributed by atoms with Crippen molar-refractivity contribution >= 4 is 12.0 Å². The molecule has 4 N–H and O–H groups in total. The summed E-state index contributed by atoms with van der Waals surface area (Å²) in [4.78, 5) is 14.1. The van der Waals surface area contributed by atoms with Gasteiger partial charge in [0, 0.05) is 13.1 Å². The first-order valence-electron chi connectivity index (χ1n) is 19.4. The van der Waals surface area contributed by atoms with Crippen molar-refractivity contribution in [2.75, 3.05) is 39.3 Å². The first-order valence-corrected chi connectivity index (χ1v) is 19.4. The molecule has 2 atom stereocenters. The summed E-state index contributed by atoms with van der Waals surface area (Å²) in [6.07, 6.45) is 5.86. The van der Waals surface area contributed by atoms with Crippen LogP contribution >= 0.6 is 0 Å². The highest BCUT2D eigenvalue weighted by Gasteiger charge is 2.52. The summed E-state index contributed by atoms with van der Waals surface area (Å²) in [5.41, 5.74) is 18.6. The molecule has 0 radical (unpaired) electrons. The van der Waals surface area contributed by atoms with Crippen molar-refractivity contribution in [3.05, 3.63) is 142 Å². The highest BCUT2D eigenvalue weighted by Crippen LogP contribution is 2.47. The Morgan fingerprint density at radius 3 is 1.35 bits per heavy atom. The summed E-state index contributed by atoms with van der Waals surface area (Å²) in [6.45, 7) is 4.55. The molecule has 4 aliphatic heterocycles. The van der Waals surface area contributed by atoms with Crippen molar-refractivity contribution in [1.29, 1.82) is 0 Å². The standard InChI is InChI=1S/2C22H24FN3O/c2*23-18-7-5-17(6-8-18)20-19-4-2-1-3-16(19)9-10-26(20)21-25-14-22(27-21)11-15(12-22)13-24/h2*1-8,15,20H,9-14,24H2/t2*15?,20-,22?/m00/s1. The van der Waals surface area contributed by atoms with Crippen LogP contribution in [0.2, 0.25) is 0 Å². The summed E-state index contributed by atoms with van der Waals surface area (Å²) in [7, 11) is 0. The number of amidine groups is 2. The van der Waals surface area contributed by atoms with Gasteiger partial charge in [-0.1, -0.05) is 72.8 Å². The van der Waals surface area contributed by atoms with Gasteiger partial charge in [0.15, 0.2) is 0 Å². The summed E-state index contributed by atoms with van der Waals surface area (Å²) < 4.78 is 39.8. The molecule has 6 aliphatic rings. The molecule has 2 spiro atoms. The quantitative estimate of drug-likeness (QED) is 0.248. The van der Waals surface area contributed by atoms with E-state index in [2.05, 4.69) is 58.3 Å². The van der Waals surface area contributed by atoms with Crippen LogP contribution in [0, 0.1) is 23.5 Å². The molecular weight excluding hydrogens is 683 g/mol. The summed E-state index contributed by atoms with van der Waals surface area (Å²) >= 11 is 0. The Morgan fingerprint density at radius 1 is 0.574 bits per heavy atom. The van der Waals surface area contributed by atoms with E-state index in [0.29, 0.717) is 24.9 Å². The largest absolute Gasteiger partial charge is 0.457 e. The monoisotopic (exact) mass is 730 g/mol. The van der Waals surface area contributed by atoms with Crippen molar-refractivity contribution < 1.29 is 18.3 Å². The lowest BCUT2D eigenvalue weighted by atomic mass is 9.71. The van der Waals surface area contributed by atoms with E-state index in [0.717, 1.165) is 87.9 Å². The predicted molar refractivity (Wildman–Crippen MR) is 206 cm³/mol. The van der Waals surface area contributed by atoms with Gasteiger partial charge in [-0.25, -0.2) is 18.8 Å². The minimum absolute atomic E-state index is 0.00479. The van der Waals surface area contributed by atoms with Crippen molar-refractivity contribution in [3.63, 3.8) is 0 Å². The number of ether oxygens (including phenoxy) is 2. The van der Waals surface area contributed by atoms with Crippen LogP contribution in [0.25, 0.3) is 0 Å². The summed E-state index contributed by atoms with van der Waals surface area (Å²) in [5, 5.41) is 0. The first-order chi connectivity index (χ1) is 26.3. The normalized spacial score (nSPS) is 29.1. The number of benzene rings is 4. The number of hydrogen-bond donors (Lipinski definition) is 2. The molecule has 8 nitrogen and oxygen atoms in total. The van der Waals surface area contributed by atoms with Gasteiger partial charge in [0.1, 0.15) is 22.8 Å². The molecule has 0 bridgehead atoms. The SMILES string of the molecule is NCC1CC2(CN=C(N3CCc4ccccc4[C@@H]3c3ccc(F)cc3)O2)C1.NCC1CC2(CN=C(N3CCc4ccccc4[C@@H]3c3ccc(F)cc3)O2)C1. The lowest BCUT2D eigenvalue weighted by Crippen LogP contribution is -2.51. The molecule has 0 amide bonds. The van der Waals surface area contributed by atoms with Crippen molar-refractivity contribution in [3.8, 4) is 0 Å². The van der Waals surface area contributed by atoms with E-state index in [9.17, 15) is 8.78 Å². The third-order valence-corrected chi connectivity index (χ3v) is 12.4. The Bertz CT molecular complexity index is 1890. The molecule has 10 heteroatoms. The van der Waals surface area contributed by atoms with Crippen LogP contribution in [-0.4, -0.2) is 72.3 Å². The first kappa shape index (κ1) is 34.9. The van der Waals surface area contributed by atoms with E-state index in [1.54, 1.807) is 0 Å². The second kappa shape index (κ2) is 14.1. The molecule has 0 aromatic heterocycles. The number of nitrogens with zero attached hydrogens (tertiary/aromatic N) is 4. The smallest absolute Gasteiger partial charge is 0.288 e. The molecular formula is C44H48F2N6O2. The van der Waals surface area contributed by atoms with E-state index in [4.69, 9.17) is 30.9 Å². The molecule has 4 aromatic rings. The molecule has 280 valence electrons. The molecule has 10 rings (SSSR count). The van der Waals surface area contributed by atoms with Gasteiger partial charge in [-0.15, -0.1) is 0 Å². The average molecular weight is 731 g/mol. The van der Waals surface area contributed by atoms with Gasteiger partial charge in [0.2, 0.25) is 0 Å². The number of nitrogens with two attached hydrogens (primary N) is 2. The second-order valence-corrected chi connectivity index (χ2v) is 16.0. The maximum Gasteiger partial charge on any atom is 0.288 e. The van der Waals surface area contributed by atoms with Gasteiger partial charge in [-0.2, -0.15) is 0 Å². The van der Waals surface area contributed by atoms with Crippen molar-refractivity contribution in [2.24, 2.45) is 33.3 Å². The number of aliphatic imine (C=N–C) groups is 2. The summed E-state index contributed by atoms with van der Waals surface area (Å²) in [5.74, 6) is 0.666. The zero-order chi connectivity index (χ0) is 36.9. The highest BCUT2D eigenvalue weighted by atomic mass is 19.1. The third-order valence-electron chi connectivity index (χ3n) is 12.4. The van der Waals surface area contributed by atoms with Crippen molar-refractivity contribution in [1.82, 2.24) is 9.80 Å². The lowest BCUT2D eigenvalue weighted by Gasteiger charge is -2.45. The van der Waals surface area contributed by atoms with Crippen LogP contribution in [0.5, 0.6) is 0 Å². The maximum absolute atomic E-state index is 13.5.